The fourth-order valence-corrected chi connectivity index (χ4v) is 4.01. The molecule has 3 aromatic rings. The molecule has 0 radical (unpaired) electrons. The van der Waals surface area contributed by atoms with E-state index in [-0.39, 0.29) is 25.0 Å². The third-order valence-electron chi connectivity index (χ3n) is 5.79. The second-order valence-electron chi connectivity index (χ2n) is 8.29. The van der Waals surface area contributed by atoms with Crippen LogP contribution < -0.4 is 5.32 Å². The summed E-state index contributed by atoms with van der Waals surface area (Å²) in [6, 6.07) is 17.3. The number of benzene rings is 2. The van der Waals surface area contributed by atoms with Gasteiger partial charge in [0, 0.05) is 25.1 Å². The summed E-state index contributed by atoms with van der Waals surface area (Å²) < 4.78 is 10.6. The minimum absolute atomic E-state index is 0.0850. The molecule has 1 atom stereocenters. The minimum Gasteiger partial charge on any atom is -0.445 e. The van der Waals surface area contributed by atoms with Crippen molar-refractivity contribution in [1.29, 1.82) is 0 Å². The summed E-state index contributed by atoms with van der Waals surface area (Å²) in [5.41, 5.74) is 2.94. The van der Waals surface area contributed by atoms with Crippen LogP contribution in [0.5, 0.6) is 0 Å². The maximum absolute atomic E-state index is 12.6. The smallest absolute Gasteiger partial charge is 0.407 e. The summed E-state index contributed by atoms with van der Waals surface area (Å²) in [6.45, 7) is 3.37. The largest absolute Gasteiger partial charge is 0.445 e. The first-order chi connectivity index (χ1) is 16.1. The van der Waals surface area contributed by atoms with Crippen LogP contribution in [0.15, 0.2) is 59.1 Å². The second kappa shape index (κ2) is 10.8. The molecule has 4 rings (SSSR count). The molecule has 2 heterocycles. The molecule has 2 amide bonds. The fraction of sp³-hybridized carbons (Fsp3) is 0.360. The molecule has 0 aliphatic carbocycles. The molecule has 8 heteroatoms. The normalized spacial score (nSPS) is 15.8. The van der Waals surface area contributed by atoms with Crippen LogP contribution >= 0.6 is 0 Å². The molecular weight excluding hydrogens is 420 g/mol. The van der Waals surface area contributed by atoms with E-state index in [0.29, 0.717) is 31.2 Å². The first-order valence-corrected chi connectivity index (χ1v) is 11.2. The Morgan fingerprint density at radius 2 is 1.94 bits per heavy atom. The molecule has 1 saturated heterocycles. The Hall–Kier alpha value is -3.68. The number of nitrogens with zero attached hydrogens (tertiary/aromatic N) is 3. The van der Waals surface area contributed by atoms with E-state index in [1.807, 2.05) is 61.5 Å². The molecule has 1 aliphatic heterocycles. The molecule has 1 fully saturated rings. The van der Waals surface area contributed by atoms with Crippen molar-refractivity contribution in [3.05, 3.63) is 71.6 Å². The van der Waals surface area contributed by atoms with E-state index in [1.54, 1.807) is 4.90 Å². The quantitative estimate of drug-likeness (QED) is 0.591. The number of hydrogen-bond acceptors (Lipinski definition) is 6. The number of likely N-dealkylation sites (tertiary alicyclic amines) is 1. The van der Waals surface area contributed by atoms with Gasteiger partial charge in [0.15, 0.2) is 0 Å². The molecular formula is C25H28N4O4. The highest BCUT2D eigenvalue weighted by Gasteiger charge is 2.26. The lowest BCUT2D eigenvalue weighted by atomic mass is 9.94. The third-order valence-corrected chi connectivity index (χ3v) is 5.79. The molecule has 0 unspecified atom stereocenters. The maximum atomic E-state index is 12.6. The lowest BCUT2D eigenvalue weighted by molar-refractivity contribution is -0.132. The van der Waals surface area contributed by atoms with Crippen molar-refractivity contribution >= 4 is 12.0 Å². The van der Waals surface area contributed by atoms with Crippen LogP contribution in [0.3, 0.4) is 0 Å². The maximum Gasteiger partial charge on any atom is 0.407 e. The van der Waals surface area contributed by atoms with E-state index >= 15 is 0 Å². The van der Waals surface area contributed by atoms with Gasteiger partial charge in [-0.05, 0) is 36.8 Å². The number of aromatic nitrogens is 2. The molecule has 172 valence electrons. The highest BCUT2D eigenvalue weighted by Crippen LogP contribution is 2.23. The molecule has 1 N–H and O–H groups in total. The van der Waals surface area contributed by atoms with Crippen molar-refractivity contribution < 1.29 is 18.8 Å². The van der Waals surface area contributed by atoms with Crippen LogP contribution in [0, 0.1) is 12.8 Å². The van der Waals surface area contributed by atoms with Crippen LogP contribution in [-0.4, -0.2) is 46.7 Å². The lowest BCUT2D eigenvalue weighted by Gasteiger charge is -2.32. The zero-order valence-electron chi connectivity index (χ0n) is 18.7. The standard InChI is InChI=1S/C25H28N4O4/c1-18-8-5-6-12-21(18)24-27-22(33-28-24)14-20-11-7-13-29(16-20)23(30)15-26-25(31)32-17-19-9-3-2-4-10-19/h2-6,8-10,12,20H,7,11,13-17H2,1H3,(H,26,31)/t20-/m0/s1. The Bertz CT molecular complexity index is 1080. The van der Waals surface area contributed by atoms with Gasteiger partial charge in [0.05, 0.1) is 0 Å². The van der Waals surface area contributed by atoms with Gasteiger partial charge in [0.1, 0.15) is 13.2 Å². The first kappa shape index (κ1) is 22.5. The van der Waals surface area contributed by atoms with Gasteiger partial charge in [0.2, 0.25) is 17.6 Å². The predicted octanol–water partition coefficient (Wildman–Crippen LogP) is 3.75. The highest BCUT2D eigenvalue weighted by atomic mass is 16.5. The van der Waals surface area contributed by atoms with Crippen molar-refractivity contribution in [2.75, 3.05) is 19.6 Å². The fourth-order valence-electron chi connectivity index (χ4n) is 4.01. The van der Waals surface area contributed by atoms with Crippen molar-refractivity contribution in [2.24, 2.45) is 5.92 Å². The number of carbonyl (C=O) groups excluding carboxylic acids is 2. The van der Waals surface area contributed by atoms with Gasteiger partial charge in [-0.3, -0.25) is 4.79 Å². The van der Waals surface area contributed by atoms with Gasteiger partial charge in [-0.1, -0.05) is 59.8 Å². The highest BCUT2D eigenvalue weighted by molar-refractivity contribution is 5.82. The Morgan fingerprint density at radius 1 is 1.15 bits per heavy atom. The zero-order chi connectivity index (χ0) is 23.0. The van der Waals surface area contributed by atoms with Crippen molar-refractivity contribution in [3.8, 4) is 11.4 Å². The molecule has 1 aliphatic rings. The van der Waals surface area contributed by atoms with Crippen LogP contribution in [-0.2, 0) is 22.6 Å². The van der Waals surface area contributed by atoms with Crippen LogP contribution in [0.4, 0.5) is 4.79 Å². The number of aryl methyl sites for hydroxylation is 1. The summed E-state index contributed by atoms with van der Waals surface area (Å²) in [5, 5.41) is 6.68. The molecule has 0 saturated carbocycles. The van der Waals surface area contributed by atoms with E-state index in [0.717, 1.165) is 29.5 Å². The topological polar surface area (TPSA) is 97.6 Å². The Kier molecular flexibility index (Phi) is 7.34. The average molecular weight is 449 g/mol. The van der Waals surface area contributed by atoms with Gasteiger partial charge >= 0.3 is 6.09 Å². The number of alkyl carbamates (subject to hydrolysis) is 1. The Balaban J connectivity index is 1.24. The van der Waals surface area contributed by atoms with Crippen molar-refractivity contribution in [3.63, 3.8) is 0 Å². The summed E-state index contributed by atoms with van der Waals surface area (Å²) in [6.07, 6.45) is 1.90. The summed E-state index contributed by atoms with van der Waals surface area (Å²) in [7, 11) is 0. The number of carbonyl (C=O) groups is 2. The molecule has 1 aromatic heterocycles. The second-order valence-corrected chi connectivity index (χ2v) is 8.29. The zero-order valence-corrected chi connectivity index (χ0v) is 18.7. The number of amides is 2. The van der Waals surface area contributed by atoms with Crippen LogP contribution in [0.25, 0.3) is 11.4 Å². The molecule has 33 heavy (non-hydrogen) atoms. The minimum atomic E-state index is -0.602. The summed E-state index contributed by atoms with van der Waals surface area (Å²) in [5.74, 6) is 1.28. The Labute approximate surface area is 192 Å². The van der Waals surface area contributed by atoms with Crippen LogP contribution in [0.1, 0.15) is 29.9 Å². The van der Waals surface area contributed by atoms with Gasteiger partial charge in [0.25, 0.3) is 0 Å². The van der Waals surface area contributed by atoms with Crippen molar-refractivity contribution in [2.45, 2.75) is 32.8 Å². The summed E-state index contributed by atoms with van der Waals surface area (Å²) in [4.78, 5) is 30.9. The van der Waals surface area contributed by atoms with Gasteiger partial charge in [-0.15, -0.1) is 0 Å². The number of hydrogen-bond donors (Lipinski definition) is 1. The monoisotopic (exact) mass is 448 g/mol. The van der Waals surface area contributed by atoms with Crippen molar-refractivity contribution in [1.82, 2.24) is 20.4 Å². The van der Waals surface area contributed by atoms with Gasteiger partial charge in [-0.2, -0.15) is 4.98 Å². The predicted molar refractivity (Wildman–Crippen MR) is 122 cm³/mol. The average Bonchev–Trinajstić information content (AvgIpc) is 3.30. The molecule has 8 nitrogen and oxygen atoms in total. The molecule has 2 aromatic carbocycles. The van der Waals surface area contributed by atoms with E-state index in [2.05, 4.69) is 15.5 Å². The lowest BCUT2D eigenvalue weighted by Crippen LogP contribution is -2.45. The number of ether oxygens (including phenoxy) is 1. The SMILES string of the molecule is Cc1ccccc1-c1noc(C[C@@H]2CCCN(C(=O)CNC(=O)OCc3ccccc3)C2)n1. The summed E-state index contributed by atoms with van der Waals surface area (Å²) >= 11 is 0. The van der Waals surface area contributed by atoms with E-state index < -0.39 is 6.09 Å². The molecule has 0 spiro atoms. The van der Waals surface area contributed by atoms with Gasteiger partial charge < -0.3 is 19.5 Å². The van der Waals surface area contributed by atoms with E-state index in [9.17, 15) is 9.59 Å². The van der Waals surface area contributed by atoms with E-state index in [4.69, 9.17) is 9.26 Å². The van der Waals surface area contributed by atoms with E-state index in [1.165, 1.54) is 0 Å². The Morgan fingerprint density at radius 3 is 2.76 bits per heavy atom. The number of rotatable bonds is 7. The third kappa shape index (κ3) is 6.19. The number of piperidine rings is 1. The number of nitrogens with one attached hydrogen (secondary N) is 1. The molecule has 0 bridgehead atoms. The van der Waals surface area contributed by atoms with Crippen LogP contribution in [0.2, 0.25) is 0 Å². The van der Waals surface area contributed by atoms with Gasteiger partial charge in [-0.25, -0.2) is 4.79 Å². The first-order valence-electron chi connectivity index (χ1n) is 11.2.